The second kappa shape index (κ2) is 6.30. The van der Waals surface area contributed by atoms with Crippen molar-refractivity contribution in [3.05, 3.63) is 30.1 Å². The molecule has 1 fully saturated rings. The van der Waals surface area contributed by atoms with E-state index in [1.165, 1.54) is 18.4 Å². The van der Waals surface area contributed by atoms with E-state index in [4.69, 9.17) is 5.73 Å². The third-order valence-electron chi connectivity index (χ3n) is 4.11. The molecule has 1 aromatic rings. The van der Waals surface area contributed by atoms with Crippen LogP contribution in [0.25, 0.3) is 0 Å². The molecule has 1 aliphatic rings. The zero-order valence-corrected chi connectivity index (χ0v) is 11.5. The summed E-state index contributed by atoms with van der Waals surface area (Å²) in [5, 5.41) is 0. The number of piperidine rings is 1. The first-order chi connectivity index (χ1) is 8.72. The standard InChI is InChI=1S/C15H25N3/c1-3-14(16)15(13-5-4-8-17-11-13)18-9-6-12(2)7-10-18/h4-5,8,11-12,14-15H,3,6-7,9-10,16H2,1-2H3. The Hall–Kier alpha value is -0.930. The molecule has 0 saturated carbocycles. The molecule has 2 unspecified atom stereocenters. The van der Waals surface area contributed by atoms with Crippen LogP contribution in [0.4, 0.5) is 0 Å². The zero-order chi connectivity index (χ0) is 13.0. The topological polar surface area (TPSA) is 42.1 Å². The second-order valence-corrected chi connectivity index (χ2v) is 5.52. The van der Waals surface area contributed by atoms with Crippen molar-refractivity contribution >= 4 is 0 Å². The molecule has 18 heavy (non-hydrogen) atoms. The molecule has 2 atom stereocenters. The first kappa shape index (κ1) is 13.5. The van der Waals surface area contributed by atoms with Crippen molar-refractivity contribution in [3.63, 3.8) is 0 Å². The largest absolute Gasteiger partial charge is 0.326 e. The number of likely N-dealkylation sites (tertiary alicyclic amines) is 1. The molecule has 0 radical (unpaired) electrons. The predicted molar refractivity (Wildman–Crippen MR) is 75.2 cm³/mol. The molecule has 0 bridgehead atoms. The Bertz CT molecular complexity index is 344. The first-order valence-electron chi connectivity index (χ1n) is 7.12. The summed E-state index contributed by atoms with van der Waals surface area (Å²) < 4.78 is 0. The molecule has 3 nitrogen and oxygen atoms in total. The van der Waals surface area contributed by atoms with Crippen LogP contribution in [0.1, 0.15) is 44.7 Å². The van der Waals surface area contributed by atoms with Gasteiger partial charge in [0.1, 0.15) is 0 Å². The quantitative estimate of drug-likeness (QED) is 0.889. The maximum atomic E-state index is 6.35. The Labute approximate surface area is 110 Å². The minimum Gasteiger partial charge on any atom is -0.326 e. The van der Waals surface area contributed by atoms with Crippen LogP contribution in [-0.4, -0.2) is 29.0 Å². The number of aromatic nitrogens is 1. The van der Waals surface area contributed by atoms with Crippen LogP contribution < -0.4 is 5.73 Å². The number of nitrogens with zero attached hydrogens (tertiary/aromatic N) is 2. The van der Waals surface area contributed by atoms with Gasteiger partial charge in [0, 0.05) is 18.4 Å². The highest BCUT2D eigenvalue weighted by Gasteiger charge is 2.28. The van der Waals surface area contributed by atoms with E-state index >= 15 is 0 Å². The van der Waals surface area contributed by atoms with Crippen molar-refractivity contribution < 1.29 is 0 Å². The highest BCUT2D eigenvalue weighted by atomic mass is 15.2. The van der Waals surface area contributed by atoms with Gasteiger partial charge in [0.05, 0.1) is 6.04 Å². The lowest BCUT2D eigenvalue weighted by Gasteiger charge is -2.39. The average molecular weight is 247 g/mol. The molecule has 1 aliphatic heterocycles. The van der Waals surface area contributed by atoms with E-state index in [1.807, 2.05) is 18.5 Å². The predicted octanol–water partition coefficient (Wildman–Crippen LogP) is 2.59. The molecule has 2 N–H and O–H groups in total. The summed E-state index contributed by atoms with van der Waals surface area (Å²) in [6.45, 7) is 6.83. The Balaban J connectivity index is 2.15. The molecule has 0 aromatic carbocycles. The number of rotatable bonds is 4. The lowest BCUT2D eigenvalue weighted by molar-refractivity contribution is 0.118. The molecule has 100 valence electrons. The van der Waals surface area contributed by atoms with E-state index in [0.29, 0.717) is 6.04 Å². The van der Waals surface area contributed by atoms with E-state index < -0.39 is 0 Å². The van der Waals surface area contributed by atoms with Gasteiger partial charge in [0.25, 0.3) is 0 Å². The van der Waals surface area contributed by atoms with Gasteiger partial charge in [0.2, 0.25) is 0 Å². The number of nitrogens with two attached hydrogens (primary N) is 1. The van der Waals surface area contributed by atoms with Crippen molar-refractivity contribution in [1.29, 1.82) is 0 Å². The Morgan fingerprint density at radius 2 is 2.17 bits per heavy atom. The molecule has 2 rings (SSSR count). The normalized spacial score (nSPS) is 21.7. The molecule has 0 aliphatic carbocycles. The van der Waals surface area contributed by atoms with Crippen molar-refractivity contribution in [2.45, 2.75) is 45.2 Å². The summed E-state index contributed by atoms with van der Waals surface area (Å²) in [5.41, 5.74) is 7.61. The molecule has 2 heterocycles. The lowest BCUT2D eigenvalue weighted by Crippen LogP contribution is -2.44. The van der Waals surface area contributed by atoms with E-state index in [0.717, 1.165) is 25.4 Å². The van der Waals surface area contributed by atoms with Crippen LogP contribution in [0.5, 0.6) is 0 Å². The van der Waals surface area contributed by atoms with Crippen molar-refractivity contribution in [3.8, 4) is 0 Å². The fourth-order valence-electron chi connectivity index (χ4n) is 2.81. The summed E-state index contributed by atoms with van der Waals surface area (Å²) in [5.74, 6) is 0.855. The van der Waals surface area contributed by atoms with Crippen LogP contribution in [0.2, 0.25) is 0 Å². The number of hydrogen-bond donors (Lipinski definition) is 1. The van der Waals surface area contributed by atoms with Crippen LogP contribution in [0.3, 0.4) is 0 Å². The molecule has 1 saturated heterocycles. The Morgan fingerprint density at radius 3 is 2.72 bits per heavy atom. The van der Waals surface area contributed by atoms with E-state index in [-0.39, 0.29) is 6.04 Å². The molecular weight excluding hydrogens is 222 g/mol. The lowest BCUT2D eigenvalue weighted by atomic mass is 9.92. The smallest absolute Gasteiger partial charge is 0.0514 e. The summed E-state index contributed by atoms with van der Waals surface area (Å²) >= 11 is 0. The van der Waals surface area contributed by atoms with Crippen LogP contribution in [0.15, 0.2) is 24.5 Å². The molecule has 3 heteroatoms. The van der Waals surface area contributed by atoms with Crippen molar-refractivity contribution in [2.24, 2.45) is 11.7 Å². The highest BCUT2D eigenvalue weighted by molar-refractivity contribution is 5.16. The summed E-state index contributed by atoms with van der Waals surface area (Å²) in [7, 11) is 0. The fourth-order valence-corrected chi connectivity index (χ4v) is 2.81. The van der Waals surface area contributed by atoms with Crippen molar-refractivity contribution in [1.82, 2.24) is 9.88 Å². The summed E-state index contributed by atoms with van der Waals surface area (Å²) in [6.07, 6.45) is 7.38. The van der Waals surface area contributed by atoms with Crippen LogP contribution >= 0.6 is 0 Å². The average Bonchev–Trinajstić information content (AvgIpc) is 2.42. The van der Waals surface area contributed by atoms with Gasteiger partial charge in [-0.3, -0.25) is 9.88 Å². The maximum absolute atomic E-state index is 6.35. The SMILES string of the molecule is CCC(N)C(c1cccnc1)N1CCC(C)CC1. The van der Waals surface area contributed by atoms with Gasteiger partial charge in [-0.25, -0.2) is 0 Å². The monoisotopic (exact) mass is 247 g/mol. The van der Waals surface area contributed by atoms with Gasteiger partial charge < -0.3 is 5.73 Å². The third kappa shape index (κ3) is 3.09. The Morgan fingerprint density at radius 1 is 1.44 bits per heavy atom. The summed E-state index contributed by atoms with van der Waals surface area (Å²) in [4.78, 5) is 6.80. The van der Waals surface area contributed by atoms with E-state index in [2.05, 4.69) is 29.8 Å². The van der Waals surface area contributed by atoms with Gasteiger partial charge in [-0.15, -0.1) is 0 Å². The van der Waals surface area contributed by atoms with Gasteiger partial charge >= 0.3 is 0 Å². The fraction of sp³-hybridized carbons (Fsp3) is 0.667. The van der Waals surface area contributed by atoms with E-state index in [1.54, 1.807) is 0 Å². The van der Waals surface area contributed by atoms with Crippen molar-refractivity contribution in [2.75, 3.05) is 13.1 Å². The van der Waals surface area contributed by atoms with Gasteiger partial charge in [0.15, 0.2) is 0 Å². The minimum atomic E-state index is 0.197. The molecule has 0 spiro atoms. The third-order valence-corrected chi connectivity index (χ3v) is 4.11. The van der Waals surface area contributed by atoms with Crippen LogP contribution in [0, 0.1) is 5.92 Å². The second-order valence-electron chi connectivity index (χ2n) is 5.52. The van der Waals surface area contributed by atoms with Gasteiger partial charge in [-0.05, 0) is 49.9 Å². The number of hydrogen-bond acceptors (Lipinski definition) is 3. The molecule has 1 aromatic heterocycles. The van der Waals surface area contributed by atoms with Crippen LogP contribution in [-0.2, 0) is 0 Å². The number of pyridine rings is 1. The highest BCUT2D eigenvalue weighted by Crippen LogP contribution is 2.29. The minimum absolute atomic E-state index is 0.197. The zero-order valence-electron chi connectivity index (χ0n) is 11.5. The maximum Gasteiger partial charge on any atom is 0.0514 e. The Kier molecular flexibility index (Phi) is 4.72. The van der Waals surface area contributed by atoms with Gasteiger partial charge in [-0.1, -0.05) is 19.9 Å². The molecule has 0 amide bonds. The summed E-state index contributed by atoms with van der Waals surface area (Å²) in [6, 6.07) is 4.70. The molecular formula is C15H25N3. The van der Waals surface area contributed by atoms with E-state index in [9.17, 15) is 0 Å². The first-order valence-corrected chi connectivity index (χ1v) is 7.12. The van der Waals surface area contributed by atoms with Gasteiger partial charge in [-0.2, -0.15) is 0 Å².